The molecule has 1 aromatic heterocycles. The Labute approximate surface area is 176 Å². The minimum atomic E-state index is -0.929. The molecule has 1 aromatic carbocycles. The zero-order valence-electron chi connectivity index (χ0n) is 18.4. The third kappa shape index (κ3) is 9.38. The molecule has 1 atom stereocenters. The average molecular weight is 401 g/mol. The first-order valence-corrected chi connectivity index (χ1v) is 11.3. The molecule has 0 aliphatic carbocycles. The van der Waals surface area contributed by atoms with Crippen molar-refractivity contribution in [2.45, 2.75) is 84.7 Å². The Morgan fingerprint density at radius 1 is 0.897 bits per heavy atom. The van der Waals surface area contributed by atoms with E-state index in [0.29, 0.717) is 23.9 Å². The fourth-order valence-corrected chi connectivity index (χ4v) is 3.39. The van der Waals surface area contributed by atoms with Crippen molar-refractivity contribution in [2.24, 2.45) is 5.92 Å². The summed E-state index contributed by atoms with van der Waals surface area (Å²) in [5.74, 6) is 1.72. The minimum absolute atomic E-state index is 0.0985. The number of rotatable bonds is 14. The summed E-state index contributed by atoms with van der Waals surface area (Å²) in [7, 11) is 0. The number of aromatic nitrogens is 2. The van der Waals surface area contributed by atoms with Gasteiger partial charge in [0.25, 0.3) is 0 Å². The van der Waals surface area contributed by atoms with Gasteiger partial charge in [0.1, 0.15) is 18.5 Å². The van der Waals surface area contributed by atoms with Crippen LogP contribution >= 0.6 is 0 Å². The summed E-state index contributed by atoms with van der Waals surface area (Å²) in [6.07, 6.45) is 13.7. The molecule has 0 aliphatic rings. The molecule has 0 saturated heterocycles. The number of benzene rings is 1. The second-order valence-electron chi connectivity index (χ2n) is 8.35. The zero-order chi connectivity index (χ0) is 20.9. The van der Waals surface area contributed by atoms with Gasteiger partial charge in [-0.1, -0.05) is 59.3 Å². The number of ether oxygens (including phenoxy) is 1. The normalized spacial score (nSPS) is 12.3. The molecule has 0 saturated carbocycles. The lowest BCUT2D eigenvalue weighted by molar-refractivity contribution is 0.174. The Hall–Kier alpha value is -1.97. The quantitative estimate of drug-likeness (QED) is 0.314. The van der Waals surface area contributed by atoms with E-state index in [9.17, 15) is 4.39 Å². The molecule has 0 fully saturated rings. The standard InChI is InChI=1S/C25H37FN2O/c1-4-5-6-7-8-9-10-11-21-17-27-25(28-18-21)22-12-14-24(15-13-22)29-19-23(26)16-20(2)3/h12-15,17-18,20,23H,4-11,16,19H2,1-3H3/t23-/m0/s1. The van der Waals surface area contributed by atoms with Gasteiger partial charge in [0.15, 0.2) is 5.82 Å². The van der Waals surface area contributed by atoms with E-state index in [1.807, 2.05) is 50.5 Å². The molecule has 0 N–H and O–H groups in total. The van der Waals surface area contributed by atoms with Crippen LogP contribution in [0.25, 0.3) is 11.4 Å². The van der Waals surface area contributed by atoms with Crippen LogP contribution in [0.15, 0.2) is 36.7 Å². The smallest absolute Gasteiger partial charge is 0.159 e. The van der Waals surface area contributed by atoms with E-state index < -0.39 is 6.17 Å². The van der Waals surface area contributed by atoms with Crippen LogP contribution in [0.3, 0.4) is 0 Å². The van der Waals surface area contributed by atoms with Crippen molar-refractivity contribution in [3.63, 3.8) is 0 Å². The number of aryl methyl sites for hydroxylation is 1. The summed E-state index contributed by atoms with van der Waals surface area (Å²) >= 11 is 0. The molecule has 0 bridgehead atoms. The third-order valence-electron chi connectivity index (χ3n) is 5.04. The molecule has 29 heavy (non-hydrogen) atoms. The number of nitrogens with zero attached hydrogens (tertiary/aromatic N) is 2. The van der Waals surface area contributed by atoms with E-state index in [4.69, 9.17) is 4.74 Å². The first kappa shape index (κ1) is 23.3. The predicted octanol–water partition coefficient (Wildman–Crippen LogP) is 7.20. The zero-order valence-corrected chi connectivity index (χ0v) is 18.4. The highest BCUT2D eigenvalue weighted by atomic mass is 19.1. The SMILES string of the molecule is CCCCCCCCCc1cnc(-c2ccc(OC[C@@H](F)CC(C)C)cc2)nc1. The average Bonchev–Trinajstić information content (AvgIpc) is 2.72. The van der Waals surface area contributed by atoms with Crippen molar-refractivity contribution < 1.29 is 9.13 Å². The van der Waals surface area contributed by atoms with Crippen molar-refractivity contribution in [1.82, 2.24) is 9.97 Å². The largest absolute Gasteiger partial charge is 0.491 e. The van der Waals surface area contributed by atoms with Crippen LogP contribution in [0.4, 0.5) is 4.39 Å². The summed E-state index contributed by atoms with van der Waals surface area (Å²) in [6, 6.07) is 7.56. The van der Waals surface area contributed by atoms with E-state index in [0.717, 1.165) is 12.0 Å². The maximum atomic E-state index is 13.8. The molecule has 3 nitrogen and oxygen atoms in total. The van der Waals surface area contributed by atoms with E-state index in [1.165, 1.54) is 50.5 Å². The van der Waals surface area contributed by atoms with Crippen molar-refractivity contribution in [2.75, 3.05) is 6.61 Å². The number of hydrogen-bond donors (Lipinski definition) is 0. The molecular weight excluding hydrogens is 363 g/mol. The summed E-state index contributed by atoms with van der Waals surface area (Å²) < 4.78 is 19.3. The van der Waals surface area contributed by atoms with E-state index in [1.54, 1.807) is 0 Å². The fraction of sp³-hybridized carbons (Fsp3) is 0.600. The predicted molar refractivity (Wildman–Crippen MR) is 119 cm³/mol. The maximum absolute atomic E-state index is 13.8. The summed E-state index contributed by atoms with van der Waals surface area (Å²) in [5, 5.41) is 0. The lowest BCUT2D eigenvalue weighted by Crippen LogP contribution is -2.15. The van der Waals surface area contributed by atoms with Crippen LogP contribution in [0.5, 0.6) is 5.75 Å². The Kier molecular flexibility index (Phi) is 10.7. The second kappa shape index (κ2) is 13.3. The van der Waals surface area contributed by atoms with Crippen molar-refractivity contribution >= 4 is 0 Å². The Morgan fingerprint density at radius 3 is 2.14 bits per heavy atom. The number of unbranched alkanes of at least 4 members (excludes halogenated alkanes) is 6. The third-order valence-corrected chi connectivity index (χ3v) is 5.04. The first-order valence-electron chi connectivity index (χ1n) is 11.3. The molecule has 2 aromatic rings. The lowest BCUT2D eigenvalue weighted by atomic mass is 10.1. The molecule has 0 unspecified atom stereocenters. The topological polar surface area (TPSA) is 35.0 Å². The molecule has 0 spiro atoms. The number of alkyl halides is 1. The van der Waals surface area contributed by atoms with E-state index >= 15 is 0 Å². The van der Waals surface area contributed by atoms with E-state index in [-0.39, 0.29) is 6.61 Å². The highest BCUT2D eigenvalue weighted by Crippen LogP contribution is 2.20. The van der Waals surface area contributed by atoms with Gasteiger partial charge in [-0.3, -0.25) is 0 Å². The van der Waals surface area contributed by atoms with Gasteiger partial charge in [-0.05, 0) is 55.0 Å². The van der Waals surface area contributed by atoms with Crippen LogP contribution < -0.4 is 4.74 Å². The van der Waals surface area contributed by atoms with Gasteiger partial charge in [-0.2, -0.15) is 0 Å². The van der Waals surface area contributed by atoms with Gasteiger partial charge < -0.3 is 4.74 Å². The molecular formula is C25H37FN2O. The van der Waals surface area contributed by atoms with Gasteiger partial charge in [-0.15, -0.1) is 0 Å². The molecule has 0 aliphatic heterocycles. The van der Waals surface area contributed by atoms with Gasteiger partial charge in [0, 0.05) is 18.0 Å². The first-order chi connectivity index (χ1) is 14.1. The van der Waals surface area contributed by atoms with Gasteiger partial charge in [0.2, 0.25) is 0 Å². The highest BCUT2D eigenvalue weighted by molar-refractivity contribution is 5.55. The summed E-state index contributed by atoms with van der Waals surface area (Å²) in [4.78, 5) is 9.03. The Bertz CT molecular complexity index is 670. The van der Waals surface area contributed by atoms with Crippen LogP contribution in [-0.4, -0.2) is 22.7 Å². The van der Waals surface area contributed by atoms with Crippen LogP contribution in [0, 0.1) is 5.92 Å². The van der Waals surface area contributed by atoms with E-state index in [2.05, 4.69) is 16.9 Å². The van der Waals surface area contributed by atoms with Gasteiger partial charge in [-0.25, -0.2) is 14.4 Å². The molecule has 1 heterocycles. The van der Waals surface area contributed by atoms with Crippen molar-refractivity contribution in [1.29, 1.82) is 0 Å². The summed E-state index contributed by atoms with van der Waals surface area (Å²) in [5.41, 5.74) is 2.14. The second-order valence-corrected chi connectivity index (χ2v) is 8.35. The number of halogens is 1. The maximum Gasteiger partial charge on any atom is 0.159 e. The van der Waals surface area contributed by atoms with Crippen LogP contribution in [0.1, 0.15) is 77.7 Å². The van der Waals surface area contributed by atoms with Crippen molar-refractivity contribution in [3.8, 4) is 17.1 Å². The van der Waals surface area contributed by atoms with Crippen molar-refractivity contribution in [3.05, 3.63) is 42.2 Å². The lowest BCUT2D eigenvalue weighted by Gasteiger charge is -2.12. The highest BCUT2D eigenvalue weighted by Gasteiger charge is 2.10. The number of hydrogen-bond acceptors (Lipinski definition) is 3. The monoisotopic (exact) mass is 400 g/mol. The Balaban J connectivity index is 1.74. The molecule has 2 rings (SSSR count). The Morgan fingerprint density at radius 2 is 1.52 bits per heavy atom. The molecule has 160 valence electrons. The van der Waals surface area contributed by atoms with Gasteiger partial charge in [0.05, 0.1) is 0 Å². The fourth-order valence-electron chi connectivity index (χ4n) is 3.39. The van der Waals surface area contributed by atoms with Crippen LogP contribution in [0.2, 0.25) is 0 Å². The minimum Gasteiger partial charge on any atom is -0.491 e. The van der Waals surface area contributed by atoms with Gasteiger partial charge >= 0.3 is 0 Å². The van der Waals surface area contributed by atoms with Crippen LogP contribution in [-0.2, 0) is 6.42 Å². The molecule has 0 amide bonds. The summed E-state index contributed by atoms with van der Waals surface area (Å²) in [6.45, 7) is 6.38. The molecule has 0 radical (unpaired) electrons. The molecule has 4 heteroatoms.